The van der Waals surface area contributed by atoms with Crippen molar-refractivity contribution in [1.29, 1.82) is 5.26 Å². The van der Waals surface area contributed by atoms with E-state index >= 15 is 0 Å². The van der Waals surface area contributed by atoms with Crippen molar-refractivity contribution in [3.8, 4) is 11.8 Å². The van der Waals surface area contributed by atoms with Crippen LogP contribution in [0.25, 0.3) is 10.8 Å². The van der Waals surface area contributed by atoms with Gasteiger partial charge < -0.3 is 4.74 Å². The predicted octanol–water partition coefficient (Wildman–Crippen LogP) is 4.25. The summed E-state index contributed by atoms with van der Waals surface area (Å²) < 4.78 is 6.93. The quantitative estimate of drug-likeness (QED) is 0.777. The van der Waals surface area contributed by atoms with Gasteiger partial charge in [-0.1, -0.05) is 22.0 Å². The SMILES string of the molecule is COc1ccc2cc(Br)cc(C#N)c2c1Br. The molecule has 2 rings (SSSR count). The molecule has 0 saturated carbocycles. The number of methoxy groups -OCH3 is 1. The molecule has 0 heterocycles. The number of ether oxygens (including phenoxy) is 1. The minimum Gasteiger partial charge on any atom is -0.496 e. The van der Waals surface area contributed by atoms with Gasteiger partial charge in [0, 0.05) is 9.86 Å². The van der Waals surface area contributed by atoms with Crippen molar-refractivity contribution in [3.63, 3.8) is 0 Å². The van der Waals surface area contributed by atoms with E-state index in [0.717, 1.165) is 25.5 Å². The van der Waals surface area contributed by atoms with Gasteiger partial charge in [-0.15, -0.1) is 0 Å². The lowest BCUT2D eigenvalue weighted by molar-refractivity contribution is 0.413. The molecule has 0 saturated heterocycles. The second-order valence-corrected chi connectivity index (χ2v) is 4.95. The summed E-state index contributed by atoms with van der Waals surface area (Å²) in [5, 5.41) is 11.0. The third-order valence-corrected chi connectivity index (χ3v) is 3.57. The average Bonchev–Trinajstić information content (AvgIpc) is 2.28. The fraction of sp³-hybridized carbons (Fsp3) is 0.0833. The first-order chi connectivity index (χ1) is 7.67. The standard InChI is InChI=1S/C12H7Br2NO/c1-16-10-3-2-7-4-9(13)5-8(6-15)11(7)12(10)14/h2-5H,1H3. The maximum atomic E-state index is 9.12. The number of benzene rings is 2. The molecule has 0 radical (unpaired) electrons. The molecule has 0 atom stereocenters. The van der Waals surface area contributed by atoms with Gasteiger partial charge in [-0.2, -0.15) is 5.26 Å². The molecule has 0 aliphatic heterocycles. The van der Waals surface area contributed by atoms with E-state index in [-0.39, 0.29) is 0 Å². The van der Waals surface area contributed by atoms with Crippen molar-refractivity contribution in [2.45, 2.75) is 0 Å². The Kier molecular flexibility index (Phi) is 3.17. The average molecular weight is 341 g/mol. The monoisotopic (exact) mass is 339 g/mol. The van der Waals surface area contributed by atoms with Gasteiger partial charge in [0.15, 0.2) is 0 Å². The van der Waals surface area contributed by atoms with Crippen LogP contribution in [0.4, 0.5) is 0 Å². The third-order valence-electron chi connectivity index (χ3n) is 2.32. The first-order valence-electron chi connectivity index (χ1n) is 4.53. The van der Waals surface area contributed by atoms with Crippen LogP contribution < -0.4 is 4.74 Å². The van der Waals surface area contributed by atoms with Crippen molar-refractivity contribution in [3.05, 3.63) is 38.8 Å². The summed E-state index contributed by atoms with van der Waals surface area (Å²) in [5.74, 6) is 0.728. The van der Waals surface area contributed by atoms with Crippen molar-refractivity contribution < 1.29 is 4.74 Å². The van der Waals surface area contributed by atoms with Crippen LogP contribution in [-0.2, 0) is 0 Å². The van der Waals surface area contributed by atoms with Gasteiger partial charge in [-0.25, -0.2) is 0 Å². The number of nitriles is 1. The zero-order chi connectivity index (χ0) is 11.7. The van der Waals surface area contributed by atoms with E-state index in [0.29, 0.717) is 5.56 Å². The van der Waals surface area contributed by atoms with Gasteiger partial charge in [0.05, 0.1) is 23.2 Å². The highest BCUT2D eigenvalue weighted by atomic mass is 79.9. The van der Waals surface area contributed by atoms with Crippen LogP contribution in [0.1, 0.15) is 5.56 Å². The molecular weight excluding hydrogens is 334 g/mol. The van der Waals surface area contributed by atoms with E-state index in [1.54, 1.807) is 13.2 Å². The Bertz CT molecular complexity index is 602. The summed E-state index contributed by atoms with van der Waals surface area (Å²) >= 11 is 6.85. The van der Waals surface area contributed by atoms with Crippen LogP contribution in [0.5, 0.6) is 5.75 Å². The molecule has 16 heavy (non-hydrogen) atoms. The van der Waals surface area contributed by atoms with Crippen molar-refractivity contribution >= 4 is 42.6 Å². The summed E-state index contributed by atoms with van der Waals surface area (Å²) in [7, 11) is 1.61. The summed E-state index contributed by atoms with van der Waals surface area (Å²) in [6.45, 7) is 0. The van der Waals surface area contributed by atoms with Crippen LogP contribution in [0, 0.1) is 11.3 Å². The topological polar surface area (TPSA) is 33.0 Å². The highest BCUT2D eigenvalue weighted by Crippen LogP contribution is 2.36. The van der Waals surface area contributed by atoms with Gasteiger partial charge >= 0.3 is 0 Å². The predicted molar refractivity (Wildman–Crippen MR) is 70.6 cm³/mol. The Labute approximate surface area is 110 Å². The molecule has 2 nitrogen and oxygen atoms in total. The smallest absolute Gasteiger partial charge is 0.133 e. The molecule has 4 heteroatoms. The van der Waals surface area contributed by atoms with Crippen LogP contribution in [-0.4, -0.2) is 7.11 Å². The van der Waals surface area contributed by atoms with Gasteiger partial charge in [0.2, 0.25) is 0 Å². The zero-order valence-electron chi connectivity index (χ0n) is 8.42. The Morgan fingerprint density at radius 3 is 2.62 bits per heavy atom. The maximum absolute atomic E-state index is 9.12. The van der Waals surface area contributed by atoms with Crippen molar-refractivity contribution in [2.24, 2.45) is 0 Å². The van der Waals surface area contributed by atoms with E-state index < -0.39 is 0 Å². The van der Waals surface area contributed by atoms with E-state index in [9.17, 15) is 0 Å². The second-order valence-electron chi connectivity index (χ2n) is 3.25. The molecule has 0 unspecified atom stereocenters. The van der Waals surface area contributed by atoms with E-state index in [4.69, 9.17) is 10.00 Å². The molecule has 0 bridgehead atoms. The van der Waals surface area contributed by atoms with Crippen LogP contribution in [0.3, 0.4) is 0 Å². The summed E-state index contributed by atoms with van der Waals surface area (Å²) in [5.41, 5.74) is 0.621. The Hall–Kier alpha value is -1.05. The van der Waals surface area contributed by atoms with Gasteiger partial charge in [-0.3, -0.25) is 0 Å². The summed E-state index contributed by atoms with van der Waals surface area (Å²) in [4.78, 5) is 0. The molecule has 2 aromatic carbocycles. The third kappa shape index (κ3) is 1.81. The molecule has 0 spiro atoms. The second kappa shape index (κ2) is 4.44. The zero-order valence-corrected chi connectivity index (χ0v) is 11.6. The number of hydrogen-bond acceptors (Lipinski definition) is 2. The first kappa shape index (κ1) is 11.4. The number of rotatable bonds is 1. The number of hydrogen-bond donors (Lipinski definition) is 0. The Morgan fingerprint density at radius 1 is 1.25 bits per heavy atom. The molecular formula is C12H7Br2NO. The highest BCUT2D eigenvalue weighted by molar-refractivity contribution is 9.11. The lowest BCUT2D eigenvalue weighted by Gasteiger charge is -2.08. The van der Waals surface area contributed by atoms with E-state index in [1.165, 1.54) is 0 Å². The fourth-order valence-corrected chi connectivity index (χ4v) is 2.82. The van der Waals surface area contributed by atoms with Gasteiger partial charge in [0.1, 0.15) is 5.75 Å². The van der Waals surface area contributed by atoms with Crippen LogP contribution in [0.2, 0.25) is 0 Å². The molecule has 0 aliphatic carbocycles. The molecule has 0 aromatic heterocycles. The normalized spacial score (nSPS) is 10.1. The molecule has 2 aromatic rings. The van der Waals surface area contributed by atoms with Gasteiger partial charge in [0.25, 0.3) is 0 Å². The lowest BCUT2D eigenvalue weighted by atomic mass is 10.1. The maximum Gasteiger partial charge on any atom is 0.133 e. The first-order valence-corrected chi connectivity index (χ1v) is 6.12. The Balaban J connectivity index is 2.92. The summed E-state index contributed by atoms with van der Waals surface area (Å²) in [6, 6.07) is 9.77. The lowest BCUT2D eigenvalue weighted by Crippen LogP contribution is -1.88. The molecule has 0 amide bonds. The van der Waals surface area contributed by atoms with Crippen molar-refractivity contribution in [2.75, 3.05) is 7.11 Å². The number of fused-ring (bicyclic) bond motifs is 1. The van der Waals surface area contributed by atoms with Crippen molar-refractivity contribution in [1.82, 2.24) is 0 Å². The summed E-state index contributed by atoms with van der Waals surface area (Å²) in [6.07, 6.45) is 0. The minimum absolute atomic E-state index is 0.621. The molecule has 0 fully saturated rings. The molecule has 80 valence electrons. The van der Waals surface area contributed by atoms with E-state index in [2.05, 4.69) is 37.9 Å². The molecule has 0 N–H and O–H groups in total. The van der Waals surface area contributed by atoms with Crippen LogP contribution >= 0.6 is 31.9 Å². The largest absolute Gasteiger partial charge is 0.496 e. The van der Waals surface area contributed by atoms with Crippen LogP contribution in [0.15, 0.2) is 33.2 Å². The molecule has 0 aliphatic rings. The highest BCUT2D eigenvalue weighted by Gasteiger charge is 2.10. The fourth-order valence-electron chi connectivity index (χ4n) is 1.61. The Morgan fingerprint density at radius 2 is 2.00 bits per heavy atom. The minimum atomic E-state index is 0.621. The van der Waals surface area contributed by atoms with E-state index in [1.807, 2.05) is 18.2 Å². The van der Waals surface area contributed by atoms with Gasteiger partial charge in [-0.05, 0) is 39.5 Å². The number of nitrogens with zero attached hydrogens (tertiary/aromatic N) is 1. The number of halogens is 2.